The van der Waals surface area contributed by atoms with Crippen LogP contribution in [0.3, 0.4) is 0 Å². The lowest BCUT2D eigenvalue weighted by atomic mass is 9.97. The molecule has 106 valence electrons. The summed E-state index contributed by atoms with van der Waals surface area (Å²) >= 11 is 0. The van der Waals surface area contributed by atoms with Gasteiger partial charge in [0.2, 0.25) is 10.0 Å². The summed E-state index contributed by atoms with van der Waals surface area (Å²) in [5.41, 5.74) is 0.842. The molecular formula is C13H19NO4S. The van der Waals surface area contributed by atoms with Crippen molar-refractivity contribution >= 4 is 16.0 Å². The van der Waals surface area contributed by atoms with E-state index in [1.807, 2.05) is 13.0 Å². The molecule has 6 heteroatoms. The number of methoxy groups -OCH3 is 1. The number of primary sulfonamides is 1. The summed E-state index contributed by atoms with van der Waals surface area (Å²) in [4.78, 5) is 11.5. The third-order valence-corrected chi connectivity index (χ3v) is 3.95. The molecule has 1 atom stereocenters. The van der Waals surface area contributed by atoms with Crippen molar-refractivity contribution in [2.24, 2.45) is 11.1 Å². The lowest BCUT2D eigenvalue weighted by Crippen LogP contribution is -2.16. The van der Waals surface area contributed by atoms with Gasteiger partial charge < -0.3 is 4.74 Å². The van der Waals surface area contributed by atoms with Gasteiger partial charge in [0.15, 0.2) is 0 Å². The molecule has 0 aromatic heterocycles. The summed E-state index contributed by atoms with van der Waals surface area (Å²) in [6, 6.07) is 6.46. The van der Waals surface area contributed by atoms with E-state index >= 15 is 0 Å². The molecule has 0 aliphatic heterocycles. The number of nitrogens with two attached hydrogens (primary N) is 1. The Balaban J connectivity index is 2.76. The van der Waals surface area contributed by atoms with E-state index in [0.717, 1.165) is 5.56 Å². The normalized spacial score (nSPS) is 13.0. The van der Waals surface area contributed by atoms with Crippen molar-refractivity contribution < 1.29 is 17.9 Å². The van der Waals surface area contributed by atoms with Gasteiger partial charge >= 0.3 is 5.97 Å². The first kappa shape index (κ1) is 15.7. The predicted octanol–water partition coefficient (Wildman–Crippen LogP) is 1.47. The van der Waals surface area contributed by atoms with Gasteiger partial charge in [-0.1, -0.05) is 19.1 Å². The quantitative estimate of drug-likeness (QED) is 0.802. The minimum atomic E-state index is -3.68. The van der Waals surface area contributed by atoms with Crippen LogP contribution in [0.4, 0.5) is 0 Å². The third-order valence-electron chi connectivity index (χ3n) is 3.04. The van der Waals surface area contributed by atoms with Crippen LogP contribution in [0.15, 0.2) is 29.2 Å². The van der Waals surface area contributed by atoms with Crippen molar-refractivity contribution in [3.8, 4) is 0 Å². The third kappa shape index (κ3) is 4.65. The second kappa shape index (κ2) is 6.68. The number of aryl methyl sites for hydroxylation is 1. The Morgan fingerprint density at radius 2 is 2.11 bits per heavy atom. The van der Waals surface area contributed by atoms with E-state index < -0.39 is 10.0 Å². The molecule has 0 heterocycles. The maximum atomic E-state index is 11.5. The monoisotopic (exact) mass is 285 g/mol. The van der Waals surface area contributed by atoms with E-state index in [1.54, 1.807) is 12.1 Å². The van der Waals surface area contributed by atoms with Crippen LogP contribution >= 0.6 is 0 Å². The number of benzene rings is 1. The molecule has 1 aromatic rings. The number of carbonyl (C=O) groups excluding carboxylic acids is 1. The summed E-state index contributed by atoms with van der Waals surface area (Å²) in [6.07, 6.45) is 1.93. The zero-order valence-corrected chi connectivity index (χ0v) is 11.9. The summed E-state index contributed by atoms with van der Waals surface area (Å²) in [6.45, 7) is 1.92. The molecule has 0 bridgehead atoms. The lowest BCUT2D eigenvalue weighted by Gasteiger charge is -2.12. The zero-order chi connectivity index (χ0) is 14.5. The molecule has 5 nitrogen and oxygen atoms in total. The first-order valence-corrected chi connectivity index (χ1v) is 7.62. The molecule has 1 aromatic carbocycles. The molecule has 0 saturated carbocycles. The first-order chi connectivity index (χ1) is 8.88. The highest BCUT2D eigenvalue weighted by molar-refractivity contribution is 7.89. The standard InChI is InChI=1S/C13H19NO4S/c1-3-11(13(15)18-2)8-7-10-5-4-6-12(9-10)19(14,16)17/h4-6,9,11H,3,7-8H2,1-2H3,(H2,14,16,17). The van der Waals surface area contributed by atoms with Gasteiger partial charge in [-0.3, -0.25) is 4.79 Å². The highest BCUT2D eigenvalue weighted by Gasteiger charge is 2.17. The number of sulfonamides is 1. The average Bonchev–Trinajstić information content (AvgIpc) is 2.38. The second-order valence-electron chi connectivity index (χ2n) is 4.36. The van der Waals surface area contributed by atoms with Crippen LogP contribution in [0.5, 0.6) is 0 Å². The van der Waals surface area contributed by atoms with E-state index in [0.29, 0.717) is 19.3 Å². The number of hydrogen-bond donors (Lipinski definition) is 1. The number of rotatable bonds is 6. The van der Waals surface area contributed by atoms with Gasteiger partial charge in [0, 0.05) is 0 Å². The Kier molecular flexibility index (Phi) is 5.50. The Bertz CT molecular complexity index is 539. The SMILES string of the molecule is CCC(CCc1cccc(S(N)(=O)=O)c1)C(=O)OC. The highest BCUT2D eigenvalue weighted by atomic mass is 32.2. The van der Waals surface area contributed by atoms with Gasteiger partial charge in [-0.15, -0.1) is 0 Å². The van der Waals surface area contributed by atoms with Crippen LogP contribution in [0, 0.1) is 5.92 Å². The van der Waals surface area contributed by atoms with Gasteiger partial charge in [0.05, 0.1) is 17.9 Å². The topological polar surface area (TPSA) is 86.5 Å². The first-order valence-electron chi connectivity index (χ1n) is 6.08. The maximum Gasteiger partial charge on any atom is 0.308 e. The fraction of sp³-hybridized carbons (Fsp3) is 0.462. The summed E-state index contributed by atoms with van der Waals surface area (Å²) < 4.78 is 27.2. The lowest BCUT2D eigenvalue weighted by molar-refractivity contribution is -0.145. The van der Waals surface area contributed by atoms with Crippen molar-refractivity contribution in [2.45, 2.75) is 31.1 Å². The molecule has 0 fully saturated rings. The smallest absolute Gasteiger partial charge is 0.308 e. The van der Waals surface area contributed by atoms with Crippen LogP contribution in [0.1, 0.15) is 25.3 Å². The second-order valence-corrected chi connectivity index (χ2v) is 5.92. The minimum absolute atomic E-state index is 0.0936. The van der Waals surface area contributed by atoms with Gasteiger partial charge in [-0.2, -0.15) is 0 Å². The van der Waals surface area contributed by atoms with E-state index in [9.17, 15) is 13.2 Å². The van der Waals surface area contributed by atoms with E-state index in [2.05, 4.69) is 0 Å². The fourth-order valence-corrected chi connectivity index (χ4v) is 2.46. The van der Waals surface area contributed by atoms with Gasteiger partial charge in [0.1, 0.15) is 0 Å². The van der Waals surface area contributed by atoms with Crippen molar-refractivity contribution in [3.05, 3.63) is 29.8 Å². The van der Waals surface area contributed by atoms with E-state index in [-0.39, 0.29) is 16.8 Å². The Hall–Kier alpha value is -1.40. The summed E-state index contributed by atoms with van der Waals surface area (Å²) in [5, 5.41) is 5.08. The predicted molar refractivity (Wildman–Crippen MR) is 71.9 cm³/mol. The number of ether oxygens (including phenoxy) is 1. The Morgan fingerprint density at radius 3 is 2.63 bits per heavy atom. The van der Waals surface area contributed by atoms with Crippen molar-refractivity contribution in [3.63, 3.8) is 0 Å². The summed E-state index contributed by atoms with van der Waals surface area (Å²) in [5.74, 6) is -0.395. The molecule has 0 aliphatic carbocycles. The van der Waals surface area contributed by atoms with Crippen LogP contribution in [0.2, 0.25) is 0 Å². The molecule has 0 spiro atoms. The molecule has 2 N–H and O–H groups in total. The summed E-state index contributed by atoms with van der Waals surface area (Å²) in [7, 11) is -2.31. The van der Waals surface area contributed by atoms with E-state index in [1.165, 1.54) is 13.2 Å². The molecule has 1 rings (SSSR count). The van der Waals surface area contributed by atoms with Crippen LogP contribution in [-0.2, 0) is 26.0 Å². The number of esters is 1. The molecular weight excluding hydrogens is 266 g/mol. The van der Waals surface area contributed by atoms with Crippen molar-refractivity contribution in [2.75, 3.05) is 7.11 Å². The molecule has 0 amide bonds. The van der Waals surface area contributed by atoms with Crippen molar-refractivity contribution in [1.29, 1.82) is 0 Å². The van der Waals surface area contributed by atoms with Crippen molar-refractivity contribution in [1.82, 2.24) is 0 Å². The minimum Gasteiger partial charge on any atom is -0.469 e. The van der Waals surface area contributed by atoms with Crippen LogP contribution in [-0.4, -0.2) is 21.5 Å². The van der Waals surface area contributed by atoms with Gasteiger partial charge in [-0.05, 0) is 37.0 Å². The number of carbonyl (C=O) groups is 1. The molecule has 0 saturated heterocycles. The largest absolute Gasteiger partial charge is 0.469 e. The molecule has 1 unspecified atom stereocenters. The maximum absolute atomic E-state index is 11.5. The van der Waals surface area contributed by atoms with Gasteiger partial charge in [-0.25, -0.2) is 13.6 Å². The van der Waals surface area contributed by atoms with E-state index in [4.69, 9.17) is 9.88 Å². The Morgan fingerprint density at radius 1 is 1.42 bits per heavy atom. The van der Waals surface area contributed by atoms with Crippen LogP contribution < -0.4 is 5.14 Å². The molecule has 0 aliphatic rings. The zero-order valence-electron chi connectivity index (χ0n) is 11.1. The average molecular weight is 285 g/mol. The highest BCUT2D eigenvalue weighted by Crippen LogP contribution is 2.17. The van der Waals surface area contributed by atoms with Gasteiger partial charge in [0.25, 0.3) is 0 Å². The molecule has 0 radical (unpaired) electrons. The Labute approximate surface area is 113 Å². The number of hydrogen-bond acceptors (Lipinski definition) is 4. The van der Waals surface area contributed by atoms with Crippen LogP contribution in [0.25, 0.3) is 0 Å². The molecule has 19 heavy (non-hydrogen) atoms. The fourth-order valence-electron chi connectivity index (χ4n) is 1.87.